The number of benzene rings is 1. The molecule has 6 heteroatoms. The van der Waals surface area contributed by atoms with E-state index in [1.807, 2.05) is 11.8 Å². The summed E-state index contributed by atoms with van der Waals surface area (Å²) in [5, 5.41) is 3.52. The molecule has 1 aromatic carbocycles. The first-order valence-electron chi connectivity index (χ1n) is 11.9. The monoisotopic (exact) mass is 450 g/mol. The first kappa shape index (κ1) is 21.8. The van der Waals surface area contributed by atoms with E-state index in [2.05, 4.69) is 51.4 Å². The number of rotatable bonds is 5. The van der Waals surface area contributed by atoms with Crippen molar-refractivity contribution in [1.82, 2.24) is 14.7 Å². The third-order valence-electron chi connectivity index (χ3n) is 7.34. The molecule has 2 fully saturated rings. The highest BCUT2D eigenvalue weighted by Crippen LogP contribution is 2.42. The van der Waals surface area contributed by atoms with Gasteiger partial charge in [-0.3, -0.25) is 9.69 Å². The van der Waals surface area contributed by atoms with Crippen molar-refractivity contribution in [2.45, 2.75) is 19.3 Å². The number of likely N-dealkylation sites (tertiary alicyclic amines) is 1. The molecule has 4 aliphatic heterocycles. The summed E-state index contributed by atoms with van der Waals surface area (Å²) >= 11 is 2.00. The number of piperazine rings is 1. The Morgan fingerprint density at radius 3 is 2.44 bits per heavy atom. The van der Waals surface area contributed by atoms with E-state index in [0.29, 0.717) is 5.78 Å². The molecule has 0 spiro atoms. The average molecular weight is 451 g/mol. The van der Waals surface area contributed by atoms with E-state index in [9.17, 15) is 4.79 Å². The molecular weight excluding hydrogens is 416 g/mol. The Morgan fingerprint density at radius 2 is 1.69 bits per heavy atom. The molecule has 0 saturated carbocycles. The Bertz CT molecular complexity index is 951. The number of hydrogen-bond acceptors (Lipinski definition) is 6. The zero-order valence-electron chi connectivity index (χ0n) is 19.0. The third-order valence-corrected chi connectivity index (χ3v) is 8.32. The van der Waals surface area contributed by atoms with Crippen LogP contribution in [0.15, 0.2) is 42.6 Å². The normalized spacial score (nSPS) is 22.4. The van der Waals surface area contributed by atoms with Crippen LogP contribution in [0.4, 0.5) is 5.69 Å². The fourth-order valence-electron chi connectivity index (χ4n) is 5.21. The van der Waals surface area contributed by atoms with Crippen molar-refractivity contribution in [3.05, 3.63) is 53.8 Å². The summed E-state index contributed by atoms with van der Waals surface area (Å²) in [7, 11) is 0. The maximum absolute atomic E-state index is 11.4. The predicted octanol–water partition coefficient (Wildman–Crippen LogP) is 3.77. The lowest BCUT2D eigenvalue weighted by Crippen LogP contribution is -2.48. The van der Waals surface area contributed by atoms with E-state index >= 15 is 0 Å². The van der Waals surface area contributed by atoms with Gasteiger partial charge in [-0.2, -0.15) is 11.8 Å². The Hall–Kier alpha value is -2.02. The number of ketones is 1. The number of fused-ring (bicyclic) bond motifs is 2. The highest BCUT2D eigenvalue weighted by atomic mass is 32.2. The Balaban J connectivity index is 1.19. The first-order chi connectivity index (χ1) is 15.6. The highest BCUT2D eigenvalue weighted by Gasteiger charge is 2.26. The fraction of sp³-hybridized carbons (Fsp3) is 0.500. The van der Waals surface area contributed by atoms with Gasteiger partial charge in [0.2, 0.25) is 0 Å². The van der Waals surface area contributed by atoms with Crippen molar-refractivity contribution in [2.75, 3.05) is 69.2 Å². The second-order valence-corrected chi connectivity index (χ2v) is 10.4. The molecule has 5 rings (SSSR count). The molecule has 0 bridgehead atoms. The van der Waals surface area contributed by atoms with Gasteiger partial charge in [-0.15, -0.1) is 0 Å². The molecule has 1 N–H and O–H groups in total. The predicted molar refractivity (Wildman–Crippen MR) is 136 cm³/mol. The third kappa shape index (κ3) is 4.54. The minimum Gasteiger partial charge on any atom is -0.369 e. The van der Waals surface area contributed by atoms with Crippen molar-refractivity contribution >= 4 is 34.5 Å². The number of carbonyl (C=O) groups excluding carboxylic acids is 1. The fourth-order valence-corrected chi connectivity index (χ4v) is 6.25. The smallest absolute Gasteiger partial charge is 0.135 e. The van der Waals surface area contributed by atoms with Gasteiger partial charge in [0.05, 0.1) is 0 Å². The van der Waals surface area contributed by atoms with Crippen molar-refractivity contribution < 1.29 is 4.79 Å². The van der Waals surface area contributed by atoms with Crippen LogP contribution in [-0.2, 0) is 4.79 Å². The van der Waals surface area contributed by atoms with Crippen LogP contribution < -0.4 is 5.32 Å². The number of nitrogens with one attached hydrogen (secondary N) is 1. The number of anilines is 1. The van der Waals surface area contributed by atoms with Gasteiger partial charge >= 0.3 is 0 Å². The summed E-state index contributed by atoms with van der Waals surface area (Å²) in [6.45, 7) is 17.0. The van der Waals surface area contributed by atoms with Crippen LogP contribution in [0.3, 0.4) is 0 Å². The van der Waals surface area contributed by atoms with Crippen LogP contribution in [-0.4, -0.2) is 84.3 Å². The summed E-state index contributed by atoms with van der Waals surface area (Å²) in [5.74, 6) is 2.67. The van der Waals surface area contributed by atoms with Gasteiger partial charge in [0.1, 0.15) is 5.78 Å². The van der Waals surface area contributed by atoms with Gasteiger partial charge in [-0.1, -0.05) is 19.2 Å². The lowest BCUT2D eigenvalue weighted by atomic mass is 9.90. The van der Waals surface area contributed by atoms with Crippen LogP contribution in [0.5, 0.6) is 0 Å². The van der Waals surface area contributed by atoms with Crippen LogP contribution >= 0.6 is 11.8 Å². The molecule has 5 nitrogen and oxygen atoms in total. The average Bonchev–Trinajstić information content (AvgIpc) is 2.84. The number of hydrogen-bond donors (Lipinski definition) is 1. The Morgan fingerprint density at radius 1 is 0.969 bits per heavy atom. The van der Waals surface area contributed by atoms with Crippen molar-refractivity contribution in [3.8, 4) is 0 Å². The number of Topliss-reactive ketones (excluding diaryl/α,β-unsaturated/α-hetero) is 1. The summed E-state index contributed by atoms with van der Waals surface area (Å²) in [6, 6.07) is 6.74. The molecular formula is C26H34N4OS. The molecule has 4 heterocycles. The molecule has 0 radical (unpaired) electrons. The number of nitrogens with zero attached hydrogens (tertiary/aromatic N) is 3. The topological polar surface area (TPSA) is 38.8 Å². The molecule has 0 unspecified atom stereocenters. The van der Waals surface area contributed by atoms with E-state index in [4.69, 9.17) is 0 Å². The van der Waals surface area contributed by atoms with Gasteiger partial charge in [-0.25, -0.2) is 0 Å². The lowest BCUT2D eigenvalue weighted by Gasteiger charge is -2.38. The number of allylic oxidation sites excluding steroid dienone is 2. The number of thioether (sulfide) groups is 1. The first-order valence-corrected chi connectivity index (χ1v) is 13.0. The summed E-state index contributed by atoms with van der Waals surface area (Å²) in [5.41, 5.74) is 8.82. The standard InChI is InChI=1S/C26H34N4OS/c1-19-25-18-32-16-7-23(25)24-17-21(3-4-26(24)27-19)20(2)30-14-12-29(13-15-30)11-10-28-8-5-22(31)6-9-28/h3-4,17,27H,1-2,5-16,18H2. The van der Waals surface area contributed by atoms with Crippen LogP contribution in [0.2, 0.25) is 0 Å². The number of carbonyl (C=O) groups is 1. The highest BCUT2D eigenvalue weighted by molar-refractivity contribution is 7.99. The second kappa shape index (κ2) is 9.46. The molecule has 2 saturated heterocycles. The van der Waals surface area contributed by atoms with Crippen LogP contribution in [0.25, 0.3) is 11.3 Å². The van der Waals surface area contributed by atoms with E-state index < -0.39 is 0 Å². The molecule has 0 amide bonds. The zero-order chi connectivity index (χ0) is 22.1. The Kier molecular flexibility index (Phi) is 6.44. The molecule has 4 aliphatic rings. The second-order valence-electron chi connectivity index (χ2n) is 9.28. The SMILES string of the molecule is C=C1Nc2ccc(C(=C)N3CCN(CCN4CCC(=O)CC4)CC3)cc2C2=C1CSCC2. The minimum absolute atomic E-state index is 0.422. The lowest BCUT2D eigenvalue weighted by molar-refractivity contribution is -0.121. The summed E-state index contributed by atoms with van der Waals surface area (Å²) < 4.78 is 0. The van der Waals surface area contributed by atoms with E-state index in [1.165, 1.54) is 33.7 Å². The molecule has 1 aromatic rings. The summed E-state index contributed by atoms with van der Waals surface area (Å²) in [6.07, 6.45) is 2.58. The van der Waals surface area contributed by atoms with Gasteiger partial charge in [0.25, 0.3) is 0 Å². The molecule has 0 aromatic heterocycles. The maximum Gasteiger partial charge on any atom is 0.135 e. The van der Waals surface area contributed by atoms with Gasteiger partial charge in [0, 0.05) is 93.6 Å². The van der Waals surface area contributed by atoms with Crippen LogP contribution in [0, 0.1) is 0 Å². The summed E-state index contributed by atoms with van der Waals surface area (Å²) in [4.78, 5) is 18.9. The minimum atomic E-state index is 0.422. The molecule has 32 heavy (non-hydrogen) atoms. The quantitative estimate of drug-likeness (QED) is 0.736. The van der Waals surface area contributed by atoms with Crippen molar-refractivity contribution in [3.63, 3.8) is 0 Å². The number of piperidine rings is 1. The van der Waals surface area contributed by atoms with Gasteiger partial charge < -0.3 is 15.1 Å². The van der Waals surface area contributed by atoms with Gasteiger partial charge in [0.15, 0.2) is 0 Å². The van der Waals surface area contributed by atoms with E-state index in [0.717, 1.165) is 88.8 Å². The van der Waals surface area contributed by atoms with Crippen LogP contribution in [0.1, 0.15) is 30.4 Å². The zero-order valence-corrected chi connectivity index (χ0v) is 19.8. The van der Waals surface area contributed by atoms with Crippen molar-refractivity contribution in [2.24, 2.45) is 0 Å². The maximum atomic E-state index is 11.4. The van der Waals surface area contributed by atoms with E-state index in [-0.39, 0.29) is 0 Å². The largest absolute Gasteiger partial charge is 0.369 e. The molecule has 0 atom stereocenters. The Labute approximate surface area is 196 Å². The van der Waals surface area contributed by atoms with Gasteiger partial charge in [-0.05, 0) is 41.0 Å². The molecule has 170 valence electrons. The van der Waals surface area contributed by atoms with E-state index in [1.54, 1.807) is 0 Å². The molecule has 0 aliphatic carbocycles. The van der Waals surface area contributed by atoms with Crippen molar-refractivity contribution in [1.29, 1.82) is 0 Å².